The first kappa shape index (κ1) is 16.8. The molecule has 26 heavy (non-hydrogen) atoms. The molecule has 4 nitrogen and oxygen atoms in total. The number of nitrogens with one attached hydrogen (secondary N) is 1. The molecule has 4 saturated carbocycles. The van der Waals surface area contributed by atoms with Gasteiger partial charge in [-0.1, -0.05) is 6.92 Å². The van der Waals surface area contributed by atoms with Crippen molar-refractivity contribution in [3.05, 3.63) is 16.0 Å². The third kappa shape index (κ3) is 2.54. The molecule has 0 spiro atoms. The first-order valence-corrected chi connectivity index (χ1v) is 11.0. The average Bonchev–Trinajstić information content (AvgIpc) is 2.90. The molecule has 1 heterocycles. The van der Waals surface area contributed by atoms with Crippen LogP contribution in [-0.4, -0.2) is 11.8 Å². The summed E-state index contributed by atoms with van der Waals surface area (Å²) in [5.41, 5.74) is 7.23. The number of thiophene rings is 1. The van der Waals surface area contributed by atoms with Crippen LogP contribution in [0.3, 0.4) is 0 Å². The van der Waals surface area contributed by atoms with Crippen LogP contribution in [-0.2, 0) is 17.6 Å². The Kier molecular flexibility index (Phi) is 3.76. The largest absolute Gasteiger partial charge is 0.365 e. The Balaban J connectivity index is 1.45. The van der Waals surface area contributed by atoms with Gasteiger partial charge in [0.2, 0.25) is 5.91 Å². The van der Waals surface area contributed by atoms with E-state index in [-0.39, 0.29) is 11.3 Å². The number of nitrogens with two attached hydrogens (primary N) is 1. The summed E-state index contributed by atoms with van der Waals surface area (Å²) in [4.78, 5) is 26.8. The van der Waals surface area contributed by atoms with Crippen molar-refractivity contribution in [1.82, 2.24) is 0 Å². The maximum absolute atomic E-state index is 13.4. The maximum atomic E-state index is 13.4. The molecule has 1 aromatic heterocycles. The molecule has 3 N–H and O–H groups in total. The smallest absolute Gasteiger partial charge is 0.251 e. The molecule has 2 amide bonds. The van der Waals surface area contributed by atoms with E-state index >= 15 is 0 Å². The molecule has 0 radical (unpaired) electrons. The van der Waals surface area contributed by atoms with Gasteiger partial charge in [0.25, 0.3) is 5.91 Å². The molecule has 0 aliphatic heterocycles. The zero-order valence-corrected chi connectivity index (χ0v) is 16.3. The average molecular weight is 373 g/mol. The minimum absolute atomic E-state index is 0.158. The summed E-state index contributed by atoms with van der Waals surface area (Å²) in [6.45, 7) is 2.22. The predicted octanol–water partition coefficient (Wildman–Crippen LogP) is 4.13. The van der Waals surface area contributed by atoms with E-state index in [1.54, 1.807) is 11.3 Å². The van der Waals surface area contributed by atoms with E-state index in [1.165, 1.54) is 24.1 Å². The summed E-state index contributed by atoms with van der Waals surface area (Å²) in [6.07, 6.45) is 10.1. The van der Waals surface area contributed by atoms with Gasteiger partial charge < -0.3 is 11.1 Å². The van der Waals surface area contributed by atoms with Gasteiger partial charge >= 0.3 is 0 Å². The van der Waals surface area contributed by atoms with Gasteiger partial charge in [-0.15, -0.1) is 11.3 Å². The molecule has 5 aliphatic carbocycles. The van der Waals surface area contributed by atoms with Crippen LogP contribution in [0, 0.1) is 29.1 Å². The lowest BCUT2D eigenvalue weighted by Gasteiger charge is -2.55. The fraction of sp³-hybridized carbons (Fsp3) is 0.714. The van der Waals surface area contributed by atoms with Gasteiger partial charge in [-0.25, -0.2) is 0 Å². The van der Waals surface area contributed by atoms with E-state index in [2.05, 4.69) is 12.2 Å². The number of hydrogen-bond acceptors (Lipinski definition) is 3. The zero-order chi connectivity index (χ0) is 18.1. The number of aryl methyl sites for hydroxylation is 1. The number of amides is 2. The third-order valence-electron chi connectivity index (χ3n) is 7.50. The lowest BCUT2D eigenvalue weighted by atomic mass is 9.49. The molecular formula is C21H28N2O2S. The number of fused-ring (bicyclic) bond motifs is 1. The van der Waals surface area contributed by atoms with Crippen molar-refractivity contribution in [2.24, 2.45) is 34.8 Å². The van der Waals surface area contributed by atoms with Gasteiger partial charge in [-0.05, 0) is 87.0 Å². The molecule has 0 saturated heterocycles. The van der Waals surface area contributed by atoms with Crippen molar-refractivity contribution in [3.8, 4) is 0 Å². The number of primary amides is 1. The molecule has 1 atom stereocenters. The van der Waals surface area contributed by atoms with Crippen molar-refractivity contribution >= 4 is 28.2 Å². The van der Waals surface area contributed by atoms with Crippen LogP contribution in [0.1, 0.15) is 72.7 Å². The quantitative estimate of drug-likeness (QED) is 0.837. The van der Waals surface area contributed by atoms with Gasteiger partial charge in [0.1, 0.15) is 5.00 Å². The fourth-order valence-electron chi connectivity index (χ4n) is 6.73. The summed E-state index contributed by atoms with van der Waals surface area (Å²) in [7, 11) is 0. The molecule has 5 aliphatic rings. The Labute approximate surface area is 158 Å². The van der Waals surface area contributed by atoms with E-state index in [0.29, 0.717) is 11.5 Å². The molecule has 140 valence electrons. The van der Waals surface area contributed by atoms with E-state index in [1.807, 2.05) is 0 Å². The Morgan fingerprint density at radius 3 is 2.31 bits per heavy atom. The Morgan fingerprint density at radius 2 is 1.73 bits per heavy atom. The Morgan fingerprint density at radius 1 is 1.12 bits per heavy atom. The number of carbonyl (C=O) groups is 2. The first-order chi connectivity index (χ1) is 12.4. The Bertz CT molecular complexity index is 746. The fourth-order valence-corrected chi connectivity index (χ4v) is 7.98. The SMILES string of the molecule is C[C@H]1CCc2sc(NC(=O)C34CC5CC(CC(C5)C3)C4)c(C(N)=O)c2C1. The van der Waals surface area contributed by atoms with Crippen LogP contribution in [0.4, 0.5) is 5.00 Å². The molecule has 6 rings (SSSR count). The summed E-state index contributed by atoms with van der Waals surface area (Å²) in [5.74, 6) is 2.55. The van der Waals surface area contributed by atoms with Crippen LogP contribution in [0.5, 0.6) is 0 Å². The second kappa shape index (κ2) is 5.82. The topological polar surface area (TPSA) is 72.2 Å². The highest BCUT2D eigenvalue weighted by molar-refractivity contribution is 7.17. The monoisotopic (exact) mass is 372 g/mol. The van der Waals surface area contributed by atoms with E-state index in [4.69, 9.17) is 5.73 Å². The number of carbonyl (C=O) groups excluding carboxylic acids is 2. The van der Waals surface area contributed by atoms with Crippen molar-refractivity contribution in [3.63, 3.8) is 0 Å². The molecule has 0 unspecified atom stereocenters. The first-order valence-electron chi connectivity index (χ1n) is 10.2. The van der Waals surface area contributed by atoms with E-state index in [9.17, 15) is 9.59 Å². The molecule has 1 aromatic rings. The second-order valence-electron chi connectivity index (χ2n) is 9.57. The van der Waals surface area contributed by atoms with Crippen molar-refractivity contribution in [1.29, 1.82) is 0 Å². The second-order valence-corrected chi connectivity index (χ2v) is 10.7. The molecule has 4 bridgehead atoms. The Hall–Kier alpha value is -1.36. The standard InChI is InChI=1S/C21H28N2O2S/c1-11-2-3-16-15(4-11)17(18(22)24)19(26-16)23-20(25)21-8-12-5-13(9-21)7-14(6-12)10-21/h11-14H,2-10H2,1H3,(H2,22,24)(H,23,25)/t11-,12?,13?,14?,21?/m0/s1. The van der Waals surface area contributed by atoms with Crippen molar-refractivity contribution in [2.45, 2.75) is 64.7 Å². The lowest BCUT2D eigenvalue weighted by Crippen LogP contribution is -2.51. The molecule has 0 aromatic carbocycles. The van der Waals surface area contributed by atoms with Crippen LogP contribution in [0.15, 0.2) is 0 Å². The number of rotatable bonds is 3. The van der Waals surface area contributed by atoms with Crippen LogP contribution in [0.25, 0.3) is 0 Å². The highest BCUT2D eigenvalue weighted by Crippen LogP contribution is 2.60. The number of hydrogen-bond donors (Lipinski definition) is 2. The van der Waals surface area contributed by atoms with E-state index in [0.717, 1.165) is 66.8 Å². The predicted molar refractivity (Wildman–Crippen MR) is 103 cm³/mol. The molecule has 4 fully saturated rings. The highest BCUT2D eigenvalue weighted by Gasteiger charge is 2.54. The van der Waals surface area contributed by atoms with Crippen LogP contribution in [0.2, 0.25) is 0 Å². The highest BCUT2D eigenvalue weighted by atomic mass is 32.1. The zero-order valence-electron chi connectivity index (χ0n) is 15.5. The molecule has 5 heteroatoms. The minimum Gasteiger partial charge on any atom is -0.365 e. The lowest BCUT2D eigenvalue weighted by molar-refractivity contribution is -0.140. The van der Waals surface area contributed by atoms with Crippen molar-refractivity contribution < 1.29 is 9.59 Å². The third-order valence-corrected chi connectivity index (χ3v) is 8.71. The van der Waals surface area contributed by atoms with Gasteiger partial charge in [-0.2, -0.15) is 0 Å². The summed E-state index contributed by atoms with van der Waals surface area (Å²) in [6, 6.07) is 0. The normalized spacial score (nSPS) is 37.4. The minimum atomic E-state index is -0.391. The van der Waals surface area contributed by atoms with Gasteiger partial charge in [0, 0.05) is 4.88 Å². The number of anilines is 1. The maximum Gasteiger partial charge on any atom is 0.251 e. The summed E-state index contributed by atoms with van der Waals surface area (Å²) in [5, 5.41) is 3.92. The molecular weight excluding hydrogens is 344 g/mol. The van der Waals surface area contributed by atoms with Gasteiger partial charge in [-0.3, -0.25) is 9.59 Å². The van der Waals surface area contributed by atoms with Gasteiger partial charge in [0.05, 0.1) is 11.0 Å². The summed E-state index contributed by atoms with van der Waals surface area (Å²) < 4.78 is 0. The summed E-state index contributed by atoms with van der Waals surface area (Å²) >= 11 is 1.59. The van der Waals surface area contributed by atoms with E-state index < -0.39 is 5.91 Å². The van der Waals surface area contributed by atoms with Crippen molar-refractivity contribution in [2.75, 3.05) is 5.32 Å². The van der Waals surface area contributed by atoms with Gasteiger partial charge in [0.15, 0.2) is 0 Å². The van der Waals surface area contributed by atoms with Crippen LogP contribution >= 0.6 is 11.3 Å². The van der Waals surface area contributed by atoms with Crippen LogP contribution < -0.4 is 11.1 Å².